The van der Waals surface area contributed by atoms with Crippen LogP contribution in [0.4, 0.5) is 5.69 Å². The first kappa shape index (κ1) is 30.7. The molecule has 9 heteroatoms. The molecule has 0 spiro atoms. The van der Waals surface area contributed by atoms with Crippen molar-refractivity contribution in [1.29, 1.82) is 0 Å². The standard InChI is InChI=1S/C31H39N3O5S/c1-23-12-14-25(15-13-23)20-33(24(2)30(36)32-31(3,4)5)29(35)21-34(40(6,37)38)27-16-18-28(19-17-27)39-22-26-10-8-7-9-11-26/h7-19,24H,20-22H2,1-6H3,(H,32,36)/t24-/m0/s1. The average Bonchev–Trinajstić information content (AvgIpc) is 2.89. The van der Waals surface area contributed by atoms with Gasteiger partial charge in [0.1, 0.15) is 24.9 Å². The van der Waals surface area contributed by atoms with Crippen molar-refractivity contribution in [2.45, 2.75) is 59.4 Å². The molecule has 0 heterocycles. The van der Waals surface area contributed by atoms with Crippen molar-refractivity contribution in [1.82, 2.24) is 10.2 Å². The van der Waals surface area contributed by atoms with Crippen molar-refractivity contribution < 1.29 is 22.7 Å². The van der Waals surface area contributed by atoms with Crippen molar-refractivity contribution >= 4 is 27.5 Å². The molecular weight excluding hydrogens is 526 g/mol. The summed E-state index contributed by atoms with van der Waals surface area (Å²) in [7, 11) is -3.82. The van der Waals surface area contributed by atoms with E-state index in [4.69, 9.17) is 4.74 Å². The van der Waals surface area contributed by atoms with Crippen molar-refractivity contribution in [3.8, 4) is 5.75 Å². The Morgan fingerprint density at radius 2 is 1.50 bits per heavy atom. The molecule has 0 unspecified atom stereocenters. The number of sulfonamides is 1. The van der Waals surface area contributed by atoms with Crippen LogP contribution in [0.3, 0.4) is 0 Å². The molecule has 0 radical (unpaired) electrons. The molecule has 40 heavy (non-hydrogen) atoms. The Morgan fingerprint density at radius 1 is 0.900 bits per heavy atom. The van der Waals surface area contributed by atoms with Gasteiger partial charge in [-0.25, -0.2) is 8.42 Å². The molecule has 3 aromatic rings. The van der Waals surface area contributed by atoms with Crippen LogP contribution in [-0.2, 0) is 32.8 Å². The fraction of sp³-hybridized carbons (Fsp3) is 0.355. The van der Waals surface area contributed by atoms with E-state index in [0.717, 1.165) is 27.3 Å². The van der Waals surface area contributed by atoms with Gasteiger partial charge in [-0.2, -0.15) is 0 Å². The number of carbonyl (C=O) groups excluding carboxylic acids is 2. The highest BCUT2D eigenvalue weighted by Crippen LogP contribution is 2.23. The molecule has 0 aliphatic heterocycles. The lowest BCUT2D eigenvalue weighted by molar-refractivity contribution is -0.140. The number of nitrogens with zero attached hydrogens (tertiary/aromatic N) is 2. The van der Waals surface area contributed by atoms with Crippen LogP contribution in [0.1, 0.15) is 44.4 Å². The first-order valence-electron chi connectivity index (χ1n) is 13.1. The molecule has 214 valence electrons. The summed E-state index contributed by atoms with van der Waals surface area (Å²) in [5, 5.41) is 2.92. The van der Waals surface area contributed by atoms with E-state index in [1.165, 1.54) is 4.90 Å². The summed E-state index contributed by atoms with van der Waals surface area (Å²) in [5.41, 5.74) is 2.74. The third-order valence-electron chi connectivity index (χ3n) is 6.19. The fourth-order valence-corrected chi connectivity index (χ4v) is 4.86. The maximum absolute atomic E-state index is 13.7. The van der Waals surface area contributed by atoms with Crippen molar-refractivity contribution in [2.24, 2.45) is 0 Å². The molecule has 3 rings (SSSR count). The summed E-state index contributed by atoms with van der Waals surface area (Å²) in [6, 6.07) is 23.1. The van der Waals surface area contributed by atoms with Crippen LogP contribution < -0.4 is 14.4 Å². The van der Waals surface area contributed by atoms with Gasteiger partial charge in [0.25, 0.3) is 0 Å². The lowest BCUT2D eigenvalue weighted by atomic mass is 10.1. The van der Waals surface area contributed by atoms with Gasteiger partial charge in [-0.05, 0) is 70.0 Å². The summed E-state index contributed by atoms with van der Waals surface area (Å²) in [4.78, 5) is 28.2. The first-order valence-corrected chi connectivity index (χ1v) is 15.0. The summed E-state index contributed by atoms with van der Waals surface area (Å²) >= 11 is 0. The summed E-state index contributed by atoms with van der Waals surface area (Å²) < 4.78 is 32.5. The Morgan fingerprint density at radius 3 is 2.05 bits per heavy atom. The average molecular weight is 566 g/mol. The van der Waals surface area contributed by atoms with E-state index in [1.54, 1.807) is 31.2 Å². The molecule has 0 bridgehead atoms. The highest BCUT2D eigenvalue weighted by atomic mass is 32.2. The normalized spacial score (nSPS) is 12.3. The predicted octanol–water partition coefficient (Wildman–Crippen LogP) is 4.67. The van der Waals surface area contributed by atoms with Crippen LogP contribution in [0, 0.1) is 6.92 Å². The Kier molecular flexibility index (Phi) is 9.98. The number of anilines is 1. The zero-order chi connectivity index (χ0) is 29.5. The maximum atomic E-state index is 13.7. The third kappa shape index (κ3) is 9.12. The minimum absolute atomic E-state index is 0.154. The number of benzene rings is 3. The molecular formula is C31H39N3O5S. The van der Waals surface area contributed by atoms with Crippen LogP contribution in [0.15, 0.2) is 78.9 Å². The van der Waals surface area contributed by atoms with E-state index in [2.05, 4.69) is 5.32 Å². The molecule has 0 aliphatic carbocycles. The zero-order valence-corrected chi connectivity index (χ0v) is 24.9. The predicted molar refractivity (Wildman–Crippen MR) is 158 cm³/mol. The molecule has 1 N–H and O–H groups in total. The minimum atomic E-state index is -3.82. The minimum Gasteiger partial charge on any atom is -0.489 e. The number of rotatable bonds is 11. The zero-order valence-electron chi connectivity index (χ0n) is 24.0. The number of nitrogens with one attached hydrogen (secondary N) is 1. The SMILES string of the molecule is Cc1ccc(CN(C(=O)CN(c2ccc(OCc3ccccc3)cc2)S(C)(=O)=O)[C@@H](C)C(=O)NC(C)(C)C)cc1. The Bertz CT molecular complexity index is 1380. The topological polar surface area (TPSA) is 96.0 Å². The van der Waals surface area contributed by atoms with E-state index >= 15 is 0 Å². The number of carbonyl (C=O) groups is 2. The van der Waals surface area contributed by atoms with Crippen molar-refractivity contribution in [2.75, 3.05) is 17.1 Å². The molecule has 0 saturated carbocycles. The molecule has 1 atom stereocenters. The van der Waals surface area contributed by atoms with Gasteiger partial charge in [-0.3, -0.25) is 13.9 Å². The highest BCUT2D eigenvalue weighted by Gasteiger charge is 2.31. The second kappa shape index (κ2) is 13.0. The van der Waals surface area contributed by atoms with Gasteiger partial charge in [-0.1, -0.05) is 60.2 Å². The van der Waals surface area contributed by atoms with E-state index in [0.29, 0.717) is 18.0 Å². The summed E-state index contributed by atoms with van der Waals surface area (Å²) in [5.74, 6) is -0.244. The molecule has 0 fully saturated rings. The van der Waals surface area contributed by atoms with Gasteiger partial charge in [0, 0.05) is 12.1 Å². The lowest BCUT2D eigenvalue weighted by Gasteiger charge is -2.33. The maximum Gasteiger partial charge on any atom is 0.244 e. The number of aryl methyl sites for hydroxylation is 1. The molecule has 2 amide bonds. The quantitative estimate of drug-likeness (QED) is 0.365. The van der Waals surface area contributed by atoms with Gasteiger partial charge in [0.2, 0.25) is 21.8 Å². The van der Waals surface area contributed by atoms with E-state index in [9.17, 15) is 18.0 Å². The van der Waals surface area contributed by atoms with Crippen LogP contribution >= 0.6 is 0 Å². The third-order valence-corrected chi connectivity index (χ3v) is 7.33. The van der Waals surface area contributed by atoms with Gasteiger partial charge in [0.15, 0.2) is 0 Å². The summed E-state index contributed by atoms with van der Waals surface area (Å²) in [6.45, 7) is 9.28. The highest BCUT2D eigenvalue weighted by molar-refractivity contribution is 7.92. The Hall–Kier alpha value is -3.85. The Balaban J connectivity index is 1.83. The fourth-order valence-electron chi connectivity index (χ4n) is 4.01. The molecule has 8 nitrogen and oxygen atoms in total. The van der Waals surface area contributed by atoms with Crippen LogP contribution in [0.2, 0.25) is 0 Å². The monoisotopic (exact) mass is 565 g/mol. The number of hydrogen-bond acceptors (Lipinski definition) is 5. The van der Waals surface area contributed by atoms with Crippen LogP contribution in [-0.4, -0.2) is 49.5 Å². The number of amides is 2. The molecule has 0 saturated heterocycles. The van der Waals surface area contributed by atoms with E-state index in [1.807, 2.05) is 82.3 Å². The molecule has 3 aromatic carbocycles. The van der Waals surface area contributed by atoms with Crippen LogP contribution in [0.25, 0.3) is 0 Å². The number of hydrogen-bond donors (Lipinski definition) is 1. The number of ether oxygens (including phenoxy) is 1. The van der Waals surface area contributed by atoms with Crippen molar-refractivity contribution in [3.05, 3.63) is 95.6 Å². The van der Waals surface area contributed by atoms with E-state index in [-0.39, 0.29) is 12.5 Å². The smallest absolute Gasteiger partial charge is 0.244 e. The van der Waals surface area contributed by atoms with Gasteiger partial charge >= 0.3 is 0 Å². The van der Waals surface area contributed by atoms with Crippen molar-refractivity contribution in [3.63, 3.8) is 0 Å². The van der Waals surface area contributed by atoms with Gasteiger partial charge in [-0.15, -0.1) is 0 Å². The molecule has 0 aliphatic rings. The first-order chi connectivity index (χ1) is 18.7. The lowest BCUT2D eigenvalue weighted by Crippen LogP contribution is -2.54. The largest absolute Gasteiger partial charge is 0.489 e. The van der Waals surface area contributed by atoms with Gasteiger partial charge in [0.05, 0.1) is 11.9 Å². The molecule has 0 aromatic heterocycles. The Labute approximate surface area is 238 Å². The second-order valence-corrected chi connectivity index (χ2v) is 12.9. The summed E-state index contributed by atoms with van der Waals surface area (Å²) in [6.07, 6.45) is 1.06. The van der Waals surface area contributed by atoms with Crippen LogP contribution in [0.5, 0.6) is 5.75 Å². The van der Waals surface area contributed by atoms with Gasteiger partial charge < -0.3 is 15.0 Å². The van der Waals surface area contributed by atoms with E-state index < -0.39 is 34.1 Å². The second-order valence-electron chi connectivity index (χ2n) is 11.0.